The van der Waals surface area contributed by atoms with E-state index < -0.39 is 0 Å². The summed E-state index contributed by atoms with van der Waals surface area (Å²) in [5.74, 6) is 1.49. The summed E-state index contributed by atoms with van der Waals surface area (Å²) in [4.78, 5) is 8.78. The van der Waals surface area contributed by atoms with Gasteiger partial charge in [0.05, 0.1) is 0 Å². The molecule has 2 rings (SSSR count). The number of fused-ring (bicyclic) bond motifs is 1. The molecule has 84 valence electrons. The molecule has 0 saturated carbocycles. The maximum atomic E-state index is 4.41. The van der Waals surface area contributed by atoms with E-state index in [1.54, 1.807) is 16.3 Å². The monoisotopic (exact) mass is 234 g/mol. The van der Waals surface area contributed by atoms with Crippen molar-refractivity contribution in [2.75, 3.05) is 5.75 Å². The minimum Gasteiger partial charge on any atom is -0.216 e. The van der Waals surface area contributed by atoms with Gasteiger partial charge in [0.25, 0.3) is 5.78 Å². The zero-order valence-electron chi connectivity index (χ0n) is 9.69. The van der Waals surface area contributed by atoms with Crippen LogP contribution in [-0.4, -0.2) is 25.3 Å². The summed E-state index contributed by atoms with van der Waals surface area (Å²) < 4.78 is 1.80. The second-order valence-electron chi connectivity index (χ2n) is 3.61. The molecule has 16 heavy (non-hydrogen) atoms. The zero-order chi connectivity index (χ0) is 11.7. The van der Waals surface area contributed by atoms with E-state index in [0.717, 1.165) is 27.9 Å². The van der Waals surface area contributed by atoms with Crippen LogP contribution >= 0.6 is 11.8 Å². The molecule has 2 aromatic rings. The minimum absolute atomic E-state index is 0.673. The lowest BCUT2D eigenvalue weighted by atomic mass is 10.2. The Morgan fingerprint density at radius 1 is 1.31 bits per heavy atom. The van der Waals surface area contributed by atoms with Crippen LogP contribution in [0.2, 0.25) is 0 Å². The molecule has 4 nitrogen and oxygen atoms in total. The lowest BCUT2D eigenvalue weighted by molar-refractivity contribution is 0.833. The van der Waals surface area contributed by atoms with E-state index in [9.17, 15) is 0 Å². The van der Waals surface area contributed by atoms with E-state index in [4.69, 9.17) is 0 Å². The van der Waals surface area contributed by atoms with Gasteiger partial charge in [-0.05, 0) is 26.3 Å². The fourth-order valence-corrected chi connectivity index (χ4v) is 1.98. The van der Waals surface area contributed by atoms with Crippen LogP contribution in [0.15, 0.2) is 17.8 Å². The van der Waals surface area contributed by atoms with E-state index in [1.807, 2.05) is 19.9 Å². The molecule has 0 saturated heterocycles. The van der Waals surface area contributed by atoms with Gasteiger partial charge in [-0.3, -0.25) is 0 Å². The topological polar surface area (TPSA) is 43.1 Å². The summed E-state index contributed by atoms with van der Waals surface area (Å²) in [6.45, 7) is 9.76. The van der Waals surface area contributed by atoms with Crippen LogP contribution in [0.1, 0.15) is 17.0 Å². The second-order valence-corrected chi connectivity index (χ2v) is 4.60. The predicted molar refractivity (Wildman–Crippen MR) is 65.9 cm³/mol. The number of hydrogen-bond donors (Lipinski definition) is 0. The summed E-state index contributed by atoms with van der Waals surface area (Å²) in [7, 11) is 0. The van der Waals surface area contributed by atoms with Gasteiger partial charge in [-0.15, -0.1) is 11.7 Å². The molecule has 0 aliphatic rings. The number of rotatable bonds is 3. The van der Waals surface area contributed by atoms with Crippen LogP contribution in [0.3, 0.4) is 0 Å². The van der Waals surface area contributed by atoms with Gasteiger partial charge < -0.3 is 0 Å². The summed E-state index contributed by atoms with van der Waals surface area (Å²) in [6.07, 6.45) is 1.84. The minimum atomic E-state index is 0.673. The molecular weight excluding hydrogens is 220 g/mol. The van der Waals surface area contributed by atoms with Crippen molar-refractivity contribution in [2.45, 2.75) is 25.9 Å². The van der Waals surface area contributed by atoms with Gasteiger partial charge in [0.1, 0.15) is 0 Å². The number of thioether (sulfide) groups is 1. The highest BCUT2D eigenvalue weighted by molar-refractivity contribution is 7.99. The van der Waals surface area contributed by atoms with Crippen molar-refractivity contribution < 1.29 is 0 Å². The Labute approximate surface area is 98.8 Å². The highest BCUT2D eigenvalue weighted by atomic mass is 32.2. The molecule has 0 aliphatic carbocycles. The lowest BCUT2D eigenvalue weighted by Crippen LogP contribution is -2.02. The number of aryl methyl sites for hydroxylation is 2. The van der Waals surface area contributed by atoms with Crippen LogP contribution in [0, 0.1) is 20.8 Å². The first kappa shape index (κ1) is 11.1. The van der Waals surface area contributed by atoms with Crippen molar-refractivity contribution in [1.82, 2.24) is 19.6 Å². The van der Waals surface area contributed by atoms with E-state index >= 15 is 0 Å². The van der Waals surface area contributed by atoms with Crippen molar-refractivity contribution in [3.8, 4) is 0 Å². The molecular formula is C11H14N4S. The Morgan fingerprint density at radius 3 is 2.75 bits per heavy atom. The molecule has 0 amide bonds. The van der Waals surface area contributed by atoms with Crippen LogP contribution in [0.25, 0.3) is 5.78 Å². The molecule has 0 bridgehead atoms. The average molecular weight is 234 g/mol. The van der Waals surface area contributed by atoms with Gasteiger partial charge in [-0.1, -0.05) is 17.8 Å². The maximum Gasteiger partial charge on any atom is 0.253 e. The molecule has 0 radical (unpaired) electrons. The van der Waals surface area contributed by atoms with Crippen LogP contribution in [0.4, 0.5) is 0 Å². The van der Waals surface area contributed by atoms with Crippen molar-refractivity contribution in [1.29, 1.82) is 0 Å². The molecule has 0 N–H and O–H groups in total. The Kier molecular flexibility index (Phi) is 2.96. The third-order valence-electron chi connectivity index (χ3n) is 2.57. The molecule has 2 heterocycles. The smallest absolute Gasteiger partial charge is 0.216 e. The third-order valence-corrected chi connectivity index (χ3v) is 3.41. The van der Waals surface area contributed by atoms with Gasteiger partial charge >= 0.3 is 0 Å². The largest absolute Gasteiger partial charge is 0.253 e. The zero-order valence-corrected chi connectivity index (χ0v) is 10.5. The van der Waals surface area contributed by atoms with Crippen molar-refractivity contribution in [3.63, 3.8) is 0 Å². The van der Waals surface area contributed by atoms with Crippen molar-refractivity contribution >= 4 is 17.5 Å². The highest BCUT2D eigenvalue weighted by Gasteiger charge is 2.10. The van der Waals surface area contributed by atoms with E-state index in [1.165, 1.54) is 0 Å². The molecule has 0 aromatic carbocycles. The quantitative estimate of drug-likeness (QED) is 0.604. The predicted octanol–water partition coefficient (Wildman–Crippen LogP) is 2.33. The number of nitrogens with zero attached hydrogens (tertiary/aromatic N) is 4. The fourth-order valence-electron chi connectivity index (χ4n) is 1.43. The molecule has 0 aliphatic heterocycles. The normalized spacial score (nSPS) is 10.9. The number of aromatic nitrogens is 4. The number of hydrogen-bond acceptors (Lipinski definition) is 4. The van der Waals surface area contributed by atoms with Gasteiger partial charge in [-0.25, -0.2) is 9.50 Å². The van der Waals surface area contributed by atoms with E-state index in [0.29, 0.717) is 5.78 Å². The molecule has 2 aromatic heterocycles. The summed E-state index contributed by atoms with van der Waals surface area (Å²) in [5.41, 5.74) is 3.27. The average Bonchev–Trinajstić information content (AvgIpc) is 2.66. The molecule has 0 unspecified atom stereocenters. The highest BCUT2D eigenvalue weighted by Crippen LogP contribution is 2.17. The van der Waals surface area contributed by atoms with Crippen LogP contribution < -0.4 is 0 Å². The summed E-state index contributed by atoms with van der Waals surface area (Å²) in [5, 5.41) is 5.16. The first-order valence-corrected chi connectivity index (χ1v) is 6.06. The molecule has 5 heteroatoms. The molecule has 0 atom stereocenters. The Morgan fingerprint density at radius 2 is 2.06 bits per heavy atom. The van der Waals surface area contributed by atoms with Crippen LogP contribution in [-0.2, 0) is 0 Å². The SMILES string of the molecule is C=CCSc1nc2nc(C)c(C)c(C)n2n1. The molecule has 0 fully saturated rings. The first-order chi connectivity index (χ1) is 7.63. The van der Waals surface area contributed by atoms with Crippen LogP contribution in [0.5, 0.6) is 0 Å². The standard InChI is InChI=1S/C11H14N4S/c1-5-6-16-11-13-10-12-8(3)7(2)9(4)15(10)14-11/h5H,1,6H2,2-4H3. The van der Waals surface area contributed by atoms with Gasteiger partial charge in [0.2, 0.25) is 5.16 Å². The summed E-state index contributed by atoms with van der Waals surface area (Å²) >= 11 is 1.57. The fraction of sp³-hybridized carbons (Fsp3) is 0.364. The second kappa shape index (κ2) is 4.25. The third kappa shape index (κ3) is 1.82. The Balaban J connectivity index is 2.53. The van der Waals surface area contributed by atoms with Crippen molar-refractivity contribution in [3.05, 3.63) is 29.6 Å². The molecule has 0 spiro atoms. The Hall–Kier alpha value is -1.36. The Bertz CT molecular complexity index is 544. The van der Waals surface area contributed by atoms with Gasteiger partial charge in [0.15, 0.2) is 0 Å². The lowest BCUT2D eigenvalue weighted by Gasteiger charge is -2.04. The van der Waals surface area contributed by atoms with E-state index in [-0.39, 0.29) is 0 Å². The van der Waals surface area contributed by atoms with Crippen molar-refractivity contribution in [2.24, 2.45) is 0 Å². The first-order valence-electron chi connectivity index (χ1n) is 5.07. The van der Waals surface area contributed by atoms with Gasteiger partial charge in [0, 0.05) is 17.1 Å². The van der Waals surface area contributed by atoms with E-state index in [2.05, 4.69) is 28.6 Å². The summed E-state index contributed by atoms with van der Waals surface area (Å²) in [6, 6.07) is 0. The van der Waals surface area contributed by atoms with Gasteiger partial charge in [-0.2, -0.15) is 4.98 Å². The maximum absolute atomic E-state index is 4.41.